The molecule has 0 unspecified atom stereocenters. The Bertz CT molecular complexity index is 2920. The van der Waals surface area contributed by atoms with Crippen molar-refractivity contribution in [3.05, 3.63) is 122 Å². The Hall–Kier alpha value is -7.15. The molecule has 7 rings (SSSR count). The van der Waals surface area contributed by atoms with Gasteiger partial charge in [-0.15, -0.1) is 5.10 Å². The molecule has 0 bridgehead atoms. The van der Waals surface area contributed by atoms with Gasteiger partial charge in [0.05, 0.1) is 17.6 Å². The molecular formula is C49H53BF2N6O10. The van der Waals surface area contributed by atoms with Crippen LogP contribution < -0.4 is 15.4 Å². The van der Waals surface area contributed by atoms with Crippen LogP contribution in [-0.2, 0) is 62.3 Å². The predicted octanol–water partition coefficient (Wildman–Crippen LogP) is 5.89. The summed E-state index contributed by atoms with van der Waals surface area (Å²) in [6.07, 6.45) is 1.47. The smallest absolute Gasteiger partial charge is 0.487 e. The maximum atomic E-state index is 15.7. The number of aliphatic imine (C=N–C) groups is 1. The van der Waals surface area contributed by atoms with Crippen LogP contribution in [0, 0.1) is 20.8 Å². The highest BCUT2D eigenvalue weighted by molar-refractivity contribution is 6.41. The number of fused-ring (bicyclic) bond motifs is 1. The number of esters is 4. The Balaban J connectivity index is 1.24. The average Bonchev–Trinajstić information content (AvgIpc) is 4.06. The lowest BCUT2D eigenvalue weighted by Crippen LogP contribution is -2.60. The van der Waals surface area contributed by atoms with Crippen LogP contribution in [0.25, 0.3) is 17.2 Å². The number of carbonyl (C=O) groups is 4. The van der Waals surface area contributed by atoms with Crippen molar-refractivity contribution in [2.45, 2.75) is 112 Å². The second-order valence-electron chi connectivity index (χ2n) is 16.5. The number of allylic oxidation sites excluding steroid dienone is 2. The molecule has 1 fully saturated rings. The molecule has 16 nitrogen and oxygen atoms in total. The van der Waals surface area contributed by atoms with Gasteiger partial charge in [-0.25, -0.2) is 4.68 Å². The first-order valence-electron chi connectivity index (χ1n) is 22.2. The van der Waals surface area contributed by atoms with E-state index in [1.165, 1.54) is 17.8 Å². The van der Waals surface area contributed by atoms with Crippen molar-refractivity contribution in [1.29, 1.82) is 0 Å². The summed E-state index contributed by atoms with van der Waals surface area (Å²) in [5.41, 5.74) is 9.46. The second kappa shape index (κ2) is 20.8. The van der Waals surface area contributed by atoms with Gasteiger partial charge in [0.1, 0.15) is 30.8 Å². The lowest BCUT2D eigenvalue weighted by atomic mass is 9.95. The van der Waals surface area contributed by atoms with Gasteiger partial charge >= 0.3 is 31.3 Å². The summed E-state index contributed by atoms with van der Waals surface area (Å²) in [7, 11) is -2.88. The van der Waals surface area contributed by atoms with E-state index in [2.05, 4.69) is 27.2 Å². The van der Waals surface area contributed by atoms with E-state index in [-0.39, 0.29) is 6.61 Å². The summed E-state index contributed by atoms with van der Waals surface area (Å²) >= 11 is 0. The number of aromatic nitrogens is 5. The molecule has 0 spiro atoms. The fraction of sp³-hybridized carbons (Fsp3) is 0.367. The number of para-hydroxylation sites is 1. The van der Waals surface area contributed by atoms with E-state index in [4.69, 9.17) is 28.4 Å². The second-order valence-corrected chi connectivity index (χ2v) is 16.5. The molecule has 5 atom stereocenters. The molecule has 356 valence electrons. The third-order valence-electron chi connectivity index (χ3n) is 11.9. The Labute approximate surface area is 391 Å². The number of nitrogens with zero attached hydrogens (tertiary/aromatic N) is 5. The van der Waals surface area contributed by atoms with Gasteiger partial charge in [-0.1, -0.05) is 55.5 Å². The molecule has 3 aromatic heterocycles. The minimum Gasteiger partial charge on any atom is -0.487 e. The molecule has 1 N–H and O–H groups in total. The first-order valence-corrected chi connectivity index (χ1v) is 22.2. The zero-order valence-electron chi connectivity index (χ0n) is 39.3. The van der Waals surface area contributed by atoms with Gasteiger partial charge < -0.3 is 37.9 Å². The largest absolute Gasteiger partial charge is 0.678 e. The molecule has 0 aliphatic carbocycles. The van der Waals surface area contributed by atoms with Crippen molar-refractivity contribution in [1.82, 2.24) is 24.5 Å². The lowest BCUT2D eigenvalue weighted by Gasteiger charge is -2.44. The molecule has 2 aliphatic heterocycles. The van der Waals surface area contributed by atoms with Gasteiger partial charge in [0.25, 0.3) is 0 Å². The summed E-state index contributed by atoms with van der Waals surface area (Å²) in [6.45, 7) is 14.0. The minimum atomic E-state index is -2.88. The normalized spacial score (nSPS) is 20.0. The van der Waals surface area contributed by atoms with E-state index in [9.17, 15) is 19.2 Å². The minimum absolute atomic E-state index is 0.104. The molecule has 0 amide bonds. The molecule has 0 radical (unpaired) electrons. The summed E-state index contributed by atoms with van der Waals surface area (Å²) in [5.74, 6) is -2.51. The number of carbonyl (C=O) groups excluding carboxylic acids is 4. The van der Waals surface area contributed by atoms with Gasteiger partial charge in [0.15, 0.2) is 24.5 Å². The third-order valence-corrected chi connectivity index (χ3v) is 11.9. The highest BCUT2D eigenvalue weighted by Crippen LogP contribution is 2.35. The first kappa shape index (κ1) is 48.8. The van der Waals surface area contributed by atoms with Crippen LogP contribution in [0.4, 0.5) is 14.3 Å². The maximum absolute atomic E-state index is 15.7. The number of halogens is 2. The lowest BCUT2D eigenvalue weighted by molar-refractivity contribution is -0.270. The summed E-state index contributed by atoms with van der Waals surface area (Å²) in [5, 5.41) is 9.21. The zero-order chi connectivity index (χ0) is 49.0. The Morgan fingerprint density at radius 1 is 0.824 bits per heavy atom. The summed E-state index contributed by atoms with van der Waals surface area (Å²) in [4.78, 5) is 56.7. The standard InChI is InChI=1S/C49H53BF2N6O10/c1-10-37-26(3)44(54-28(37)5)43(45-27(4)38(11-2)41(58(45)50(51)52)21-18-34-22-53-40-15-13-12-14-39(34)40)33-16-19-36(20-17-33)64-24-35-23-57(56-55-35)49-48(67-32(9)62)47(66-31(8)61)46(65-30(7)60)42(68-49)25-63-29(6)59/h12-23,42,46-49,54H,10-11,24-25H2,1-9H3/b34-18+,41-21+,45-43-/t42-,46-,47+,48-,49-/m1/s1. The van der Waals surface area contributed by atoms with Crippen LogP contribution in [0.1, 0.15) is 98.2 Å². The number of aryl methyl sites for hydroxylation is 1. The molecular weight excluding hydrogens is 881 g/mol. The number of rotatable bonds is 15. The van der Waals surface area contributed by atoms with E-state index in [0.29, 0.717) is 39.7 Å². The van der Waals surface area contributed by atoms with Gasteiger partial charge in [-0.2, -0.15) is 0 Å². The predicted molar refractivity (Wildman–Crippen MR) is 247 cm³/mol. The molecule has 2 aromatic carbocycles. The highest BCUT2D eigenvalue weighted by atomic mass is 19.2. The van der Waals surface area contributed by atoms with E-state index >= 15 is 8.63 Å². The maximum Gasteiger partial charge on any atom is 0.678 e. The van der Waals surface area contributed by atoms with E-state index in [0.717, 1.165) is 82.1 Å². The Kier molecular flexibility index (Phi) is 14.9. The van der Waals surface area contributed by atoms with Gasteiger partial charge in [0.2, 0.25) is 0 Å². The Morgan fingerprint density at radius 2 is 1.49 bits per heavy atom. The van der Waals surface area contributed by atoms with Crippen molar-refractivity contribution >= 4 is 60.4 Å². The van der Waals surface area contributed by atoms with Crippen LogP contribution in [0.15, 0.2) is 65.8 Å². The molecule has 5 heterocycles. The molecule has 19 heteroatoms. The van der Waals surface area contributed by atoms with Gasteiger partial charge in [0, 0.05) is 67.0 Å². The first-order chi connectivity index (χ1) is 32.5. The van der Waals surface area contributed by atoms with Crippen molar-refractivity contribution < 1.29 is 56.2 Å². The van der Waals surface area contributed by atoms with Gasteiger partial charge in [-0.3, -0.25) is 32.8 Å². The van der Waals surface area contributed by atoms with Crippen LogP contribution in [-0.4, -0.2) is 93.0 Å². The summed E-state index contributed by atoms with van der Waals surface area (Å²) < 4.78 is 67.9. The monoisotopic (exact) mass is 934 g/mol. The topological polar surface area (TPSA) is 187 Å². The van der Waals surface area contributed by atoms with Crippen molar-refractivity contribution in [2.75, 3.05) is 6.61 Å². The zero-order valence-corrected chi connectivity index (χ0v) is 39.3. The van der Waals surface area contributed by atoms with Crippen LogP contribution in [0.3, 0.4) is 0 Å². The number of benzene rings is 2. The number of H-pyrrole nitrogens is 1. The average molecular weight is 935 g/mol. The molecule has 0 saturated carbocycles. The van der Waals surface area contributed by atoms with Crippen molar-refractivity contribution in [2.24, 2.45) is 4.99 Å². The summed E-state index contributed by atoms with van der Waals surface area (Å²) in [6, 6.07) is 14.8. The van der Waals surface area contributed by atoms with E-state index in [1.54, 1.807) is 24.4 Å². The van der Waals surface area contributed by atoms with Gasteiger partial charge in [-0.05, 0) is 85.7 Å². The van der Waals surface area contributed by atoms with E-state index < -0.39 is 68.5 Å². The van der Waals surface area contributed by atoms with Crippen LogP contribution in [0.5, 0.6) is 5.75 Å². The van der Waals surface area contributed by atoms with Crippen LogP contribution in [0.2, 0.25) is 0 Å². The SMILES string of the molecule is CCc1c(C)[nH]c(/C(c2ccc(OCc3cn([C@@H]4O[C@H](COC(C)=O)[C@@H](OC(C)=O)[C@H](OC(C)=O)[C@H]4OC(C)=O)nn3)cc2)=c2/c(C)c(CC)/c(=C\C=C3/C=Nc4ccccc43)n2B(F)F)c1C. The molecule has 5 aromatic rings. The number of aromatic amines is 1. The van der Waals surface area contributed by atoms with Crippen molar-refractivity contribution in [3.8, 4) is 5.75 Å². The number of nitrogens with one attached hydrogen (secondary N) is 1. The Morgan fingerprint density at radius 3 is 2.12 bits per heavy atom. The molecule has 2 aliphatic rings. The molecule has 1 saturated heterocycles. The van der Waals surface area contributed by atoms with E-state index in [1.807, 2.05) is 70.2 Å². The number of hydrogen-bond acceptors (Lipinski definition) is 13. The number of ether oxygens (including phenoxy) is 6. The fourth-order valence-corrected chi connectivity index (χ4v) is 9.03. The molecule has 68 heavy (non-hydrogen) atoms. The quantitative estimate of drug-likeness (QED) is 0.0747. The third kappa shape index (κ3) is 10.2. The highest BCUT2D eigenvalue weighted by Gasteiger charge is 2.53. The van der Waals surface area contributed by atoms with Crippen molar-refractivity contribution in [3.63, 3.8) is 0 Å². The number of hydrogen-bond donors (Lipinski definition) is 1. The van der Waals surface area contributed by atoms with Crippen LogP contribution >= 0.6 is 0 Å². The fourth-order valence-electron chi connectivity index (χ4n) is 9.03.